The molecule has 0 amide bonds. The van der Waals surface area contributed by atoms with E-state index >= 15 is 0 Å². The summed E-state index contributed by atoms with van der Waals surface area (Å²) in [5.41, 5.74) is 5.26. The van der Waals surface area contributed by atoms with E-state index in [0.717, 1.165) is 24.4 Å². The number of hydrogen-bond acceptors (Lipinski definition) is 5. The van der Waals surface area contributed by atoms with Gasteiger partial charge < -0.3 is 15.8 Å². The molecule has 2 aromatic rings. The molecule has 0 unspecified atom stereocenters. The van der Waals surface area contributed by atoms with E-state index in [1.807, 2.05) is 13.0 Å². The lowest BCUT2D eigenvalue weighted by Gasteiger charge is -2.39. The zero-order chi connectivity index (χ0) is 18.9. The number of nitrogens with one attached hydrogen (secondary N) is 2. The third-order valence-electron chi connectivity index (χ3n) is 4.40. The fraction of sp³-hybridized carbons (Fsp3) is 0.412. The van der Waals surface area contributed by atoms with E-state index in [2.05, 4.69) is 20.5 Å². The van der Waals surface area contributed by atoms with Crippen LogP contribution in [0.15, 0.2) is 29.3 Å². The first-order valence-corrected chi connectivity index (χ1v) is 8.13. The largest absolute Gasteiger partial charge is 0.448 e. The van der Waals surface area contributed by atoms with Crippen LogP contribution in [-0.2, 0) is 16.8 Å². The predicted molar refractivity (Wildman–Crippen MR) is 91.8 cm³/mol. The van der Waals surface area contributed by atoms with Crippen LogP contribution in [0.5, 0.6) is 0 Å². The number of aryl methyl sites for hydroxylation is 1. The highest BCUT2D eigenvalue weighted by Crippen LogP contribution is 2.44. The molecule has 9 heteroatoms. The van der Waals surface area contributed by atoms with Crippen LogP contribution in [0.2, 0.25) is 0 Å². The van der Waals surface area contributed by atoms with Gasteiger partial charge in [-0.3, -0.25) is 5.10 Å². The van der Waals surface area contributed by atoms with Gasteiger partial charge in [0.15, 0.2) is 0 Å². The second-order valence-corrected chi connectivity index (χ2v) is 6.40. The Hall–Kier alpha value is -2.71. The lowest BCUT2D eigenvalue weighted by molar-refractivity contribution is -0.173. The lowest BCUT2D eigenvalue weighted by atomic mass is 9.87. The van der Waals surface area contributed by atoms with Gasteiger partial charge in [0.2, 0.25) is 5.60 Å². The van der Waals surface area contributed by atoms with Crippen LogP contribution in [0.3, 0.4) is 0 Å². The van der Waals surface area contributed by atoms with E-state index < -0.39 is 23.9 Å². The lowest BCUT2D eigenvalue weighted by Crippen LogP contribution is -2.53. The molecule has 0 bridgehead atoms. The van der Waals surface area contributed by atoms with E-state index in [9.17, 15) is 13.2 Å². The van der Waals surface area contributed by atoms with Gasteiger partial charge in [-0.2, -0.15) is 13.9 Å². The number of nitrogens with two attached hydrogens (primary N) is 1. The summed E-state index contributed by atoms with van der Waals surface area (Å²) in [7, 11) is 0. The molecule has 4 N–H and O–H groups in total. The van der Waals surface area contributed by atoms with Gasteiger partial charge in [0.05, 0.1) is 5.69 Å². The van der Waals surface area contributed by atoms with Crippen molar-refractivity contribution < 1.29 is 17.9 Å². The van der Waals surface area contributed by atoms with Crippen LogP contribution in [0.25, 0.3) is 0 Å². The standard InChI is InChI=1S/C17H20F3N5O/c1-10-7-12(25-24-10)5-6-22-11-3-4-14(18)13(8-11)16(2)17(19,20)9-23-15(21)26-16/h3-4,7-8,22H,5-6,9H2,1-2H3,(H2,21,23)(H,24,25)/t16-/m1/s1. The summed E-state index contributed by atoms with van der Waals surface area (Å²) < 4.78 is 48.2. The number of benzene rings is 1. The van der Waals surface area contributed by atoms with Gasteiger partial charge >= 0.3 is 5.92 Å². The molecule has 1 atom stereocenters. The van der Waals surface area contributed by atoms with Crippen molar-refractivity contribution >= 4 is 11.7 Å². The molecule has 3 rings (SSSR count). The van der Waals surface area contributed by atoms with Gasteiger partial charge in [-0.15, -0.1) is 0 Å². The first-order valence-electron chi connectivity index (χ1n) is 8.13. The van der Waals surface area contributed by atoms with E-state index in [1.54, 1.807) is 0 Å². The van der Waals surface area contributed by atoms with E-state index in [1.165, 1.54) is 12.1 Å². The molecular formula is C17H20F3N5O. The van der Waals surface area contributed by atoms with Crippen molar-refractivity contribution in [2.24, 2.45) is 10.7 Å². The summed E-state index contributed by atoms with van der Waals surface area (Å²) in [6, 6.07) is 5.46. The van der Waals surface area contributed by atoms with Crippen LogP contribution >= 0.6 is 0 Å². The minimum absolute atomic E-state index is 0.275. The van der Waals surface area contributed by atoms with E-state index in [0.29, 0.717) is 18.7 Å². The first-order chi connectivity index (χ1) is 12.2. The Kier molecular flexibility index (Phi) is 4.55. The molecule has 6 nitrogen and oxygen atoms in total. The van der Waals surface area contributed by atoms with Crippen molar-refractivity contribution in [1.82, 2.24) is 10.2 Å². The summed E-state index contributed by atoms with van der Waals surface area (Å²) >= 11 is 0. The molecule has 0 radical (unpaired) electrons. The number of anilines is 1. The van der Waals surface area contributed by atoms with Crippen LogP contribution in [0.1, 0.15) is 23.9 Å². The Morgan fingerprint density at radius 2 is 2.12 bits per heavy atom. The van der Waals surface area contributed by atoms with Crippen molar-refractivity contribution in [3.8, 4) is 0 Å². The van der Waals surface area contributed by atoms with Crippen LogP contribution in [-0.4, -0.2) is 35.2 Å². The Balaban J connectivity index is 1.80. The van der Waals surface area contributed by atoms with Gasteiger partial charge in [-0.05, 0) is 38.1 Å². The topological polar surface area (TPSA) is 88.3 Å². The Bertz CT molecular complexity index is 836. The van der Waals surface area contributed by atoms with Gasteiger partial charge in [0, 0.05) is 29.9 Å². The monoisotopic (exact) mass is 367 g/mol. The molecule has 1 aliphatic rings. The van der Waals surface area contributed by atoms with Crippen molar-refractivity contribution in [2.75, 3.05) is 18.4 Å². The number of halogens is 3. The molecule has 1 aromatic heterocycles. The number of aromatic nitrogens is 2. The Labute approximate surface area is 148 Å². The highest BCUT2D eigenvalue weighted by atomic mass is 19.3. The third kappa shape index (κ3) is 3.33. The second-order valence-electron chi connectivity index (χ2n) is 6.40. The number of ether oxygens (including phenoxy) is 1. The summed E-state index contributed by atoms with van der Waals surface area (Å²) in [4.78, 5) is 3.42. The molecule has 2 heterocycles. The van der Waals surface area contributed by atoms with Crippen LogP contribution in [0.4, 0.5) is 18.9 Å². The number of rotatable bonds is 5. The van der Waals surface area contributed by atoms with Crippen LogP contribution in [0, 0.1) is 12.7 Å². The molecule has 26 heavy (non-hydrogen) atoms. The summed E-state index contributed by atoms with van der Waals surface area (Å²) in [6.45, 7) is 2.65. The maximum atomic E-state index is 14.4. The number of aromatic amines is 1. The minimum atomic E-state index is -3.40. The van der Waals surface area contributed by atoms with E-state index in [4.69, 9.17) is 10.5 Å². The second kappa shape index (κ2) is 6.54. The van der Waals surface area contributed by atoms with Crippen molar-refractivity contribution in [2.45, 2.75) is 31.8 Å². The maximum Gasteiger partial charge on any atom is 0.310 e. The molecule has 0 aliphatic carbocycles. The minimum Gasteiger partial charge on any atom is -0.448 e. The number of nitrogens with zero attached hydrogens (tertiary/aromatic N) is 2. The number of alkyl halides is 2. The zero-order valence-electron chi connectivity index (χ0n) is 14.4. The number of amidine groups is 1. The summed E-state index contributed by atoms with van der Waals surface area (Å²) in [5, 5.41) is 10.0. The quantitative estimate of drug-likeness (QED) is 0.758. The third-order valence-corrected chi connectivity index (χ3v) is 4.40. The average molecular weight is 367 g/mol. The molecule has 0 fully saturated rings. The number of aliphatic imine (C=N–C) groups is 1. The Morgan fingerprint density at radius 1 is 1.35 bits per heavy atom. The fourth-order valence-electron chi connectivity index (χ4n) is 2.84. The molecule has 140 valence electrons. The van der Waals surface area contributed by atoms with E-state index in [-0.39, 0.29) is 11.6 Å². The van der Waals surface area contributed by atoms with Crippen molar-refractivity contribution in [3.05, 3.63) is 47.0 Å². The smallest absolute Gasteiger partial charge is 0.310 e. The molecule has 0 saturated heterocycles. The van der Waals surface area contributed by atoms with Crippen molar-refractivity contribution in [3.63, 3.8) is 0 Å². The average Bonchev–Trinajstić information content (AvgIpc) is 2.98. The predicted octanol–water partition coefficient (Wildman–Crippen LogP) is 2.71. The first kappa shape index (κ1) is 18.1. The highest BCUT2D eigenvalue weighted by molar-refractivity contribution is 5.73. The maximum absolute atomic E-state index is 14.4. The van der Waals surface area contributed by atoms with Crippen LogP contribution < -0.4 is 11.1 Å². The number of H-pyrrole nitrogens is 1. The zero-order valence-corrected chi connectivity index (χ0v) is 14.4. The van der Waals surface area contributed by atoms with Crippen molar-refractivity contribution in [1.29, 1.82) is 0 Å². The highest BCUT2D eigenvalue weighted by Gasteiger charge is 2.57. The summed E-state index contributed by atoms with van der Waals surface area (Å²) in [5.74, 6) is -4.19. The molecule has 0 spiro atoms. The molecule has 1 aliphatic heterocycles. The normalized spacial score (nSPS) is 21.8. The molecule has 1 aromatic carbocycles. The fourth-order valence-corrected chi connectivity index (χ4v) is 2.84. The Morgan fingerprint density at radius 3 is 2.81 bits per heavy atom. The van der Waals surface area contributed by atoms with Gasteiger partial charge in [0.25, 0.3) is 6.02 Å². The van der Waals surface area contributed by atoms with Gasteiger partial charge in [-0.1, -0.05) is 0 Å². The number of hydrogen-bond donors (Lipinski definition) is 3. The van der Waals surface area contributed by atoms with Gasteiger partial charge in [0.1, 0.15) is 12.4 Å². The molecular weight excluding hydrogens is 347 g/mol. The molecule has 0 saturated carbocycles. The summed E-state index contributed by atoms with van der Waals surface area (Å²) in [6.07, 6.45) is 0.650. The SMILES string of the molecule is Cc1cc(CCNc2ccc(F)c([C@@]3(C)OC(N)=NCC3(F)F)c2)[nH]n1. The van der Waals surface area contributed by atoms with Gasteiger partial charge in [-0.25, -0.2) is 9.38 Å².